The lowest BCUT2D eigenvalue weighted by Gasteiger charge is -2.26. The molecule has 0 unspecified atom stereocenters. The third-order valence-electron chi connectivity index (χ3n) is 10.3. The van der Waals surface area contributed by atoms with E-state index in [2.05, 4.69) is 242 Å². The molecule has 7 rings (SSSR count). The lowest BCUT2D eigenvalue weighted by molar-refractivity contribution is -0.372. The van der Waals surface area contributed by atoms with Gasteiger partial charge in [0.1, 0.15) is 13.1 Å². The van der Waals surface area contributed by atoms with Gasteiger partial charge in [0, 0.05) is 0 Å². The van der Waals surface area contributed by atoms with Crippen LogP contribution in [0.2, 0.25) is 0 Å². The van der Waals surface area contributed by atoms with Crippen LogP contribution in [0.15, 0.2) is 206 Å². The zero-order valence-electron chi connectivity index (χ0n) is 43.3. The normalized spacial score (nSPS) is 9.49. The molecule has 0 amide bonds. The van der Waals surface area contributed by atoms with Crippen LogP contribution < -0.4 is 14.7 Å². The van der Waals surface area contributed by atoms with Crippen molar-refractivity contribution in [2.75, 3.05) is 0 Å². The van der Waals surface area contributed by atoms with Crippen molar-refractivity contribution in [2.24, 2.45) is 0 Å². The maximum absolute atomic E-state index is 12.5. The number of benzene rings is 7. The van der Waals surface area contributed by atoms with Crippen molar-refractivity contribution in [3.63, 3.8) is 0 Å². The molecule has 0 radical (unpaired) electrons. The summed E-state index contributed by atoms with van der Waals surface area (Å²) in [4.78, 5) is 0. The molecular weight excluding hydrogens is 847 g/mol. The van der Waals surface area contributed by atoms with Crippen molar-refractivity contribution in [1.82, 2.24) is 0 Å². The Labute approximate surface area is 420 Å². The van der Waals surface area contributed by atoms with Gasteiger partial charge in [-0.2, -0.15) is 0 Å². The number of hydrogen-bond acceptors (Lipinski definition) is 3. The average Bonchev–Trinajstić information content (AvgIpc) is 3.39. The molecule has 0 N–H and O–H groups in total. The van der Waals surface area contributed by atoms with E-state index in [4.69, 9.17) is 0 Å². The molecule has 0 aliphatic carbocycles. The van der Waals surface area contributed by atoms with E-state index >= 15 is 0 Å². The molecule has 0 spiro atoms. The molecule has 0 bridgehead atoms. The average molecular weight is 929 g/mol. The van der Waals surface area contributed by atoms with Crippen molar-refractivity contribution in [3.05, 3.63) is 257 Å². The van der Waals surface area contributed by atoms with Crippen molar-refractivity contribution in [3.8, 4) is 5.75 Å². The number of para-hydroxylation sites is 1. The Morgan fingerprint density at radius 1 is 0.319 bits per heavy atom. The summed E-state index contributed by atoms with van der Waals surface area (Å²) in [5, 5.41) is 19.8. The van der Waals surface area contributed by atoms with Crippen LogP contribution in [0.5, 0.6) is 5.75 Å². The summed E-state index contributed by atoms with van der Waals surface area (Å²) in [6, 6.07) is 68.5. The van der Waals surface area contributed by atoms with Crippen molar-refractivity contribution in [2.45, 2.75) is 132 Å². The minimum atomic E-state index is -2.48. The Bertz CT molecular complexity index is 1780. The second-order valence-electron chi connectivity index (χ2n) is 16.2. The van der Waals surface area contributed by atoms with E-state index in [1.165, 1.54) is 140 Å². The molecule has 7 aromatic carbocycles. The highest BCUT2D eigenvalue weighted by atomic mass is 19.1. The molecule has 0 saturated heterocycles. The Morgan fingerprint density at radius 2 is 0.507 bits per heavy atom. The molecule has 69 heavy (non-hydrogen) atoms. The zero-order valence-corrected chi connectivity index (χ0v) is 43.3. The molecule has 0 aliphatic heterocycles. The van der Waals surface area contributed by atoms with Crippen LogP contribution in [0.1, 0.15) is 166 Å². The Kier molecular flexibility index (Phi) is 37.2. The van der Waals surface area contributed by atoms with Crippen molar-refractivity contribution >= 4 is 7.32 Å². The highest BCUT2D eigenvalue weighted by Gasteiger charge is 2.22. The smallest absolute Gasteiger partial charge is 0.163 e. The SMILES string of the molecule is CCCCC.CCCCC.CCCCC.CCCCC.[O-]B([O-])Oc1ccccc1F.c1ccc([C+](c2ccccc2)c2ccccc2)cc1.c1ccc([C+](c2ccccc2)c2ccccc2)cc1. The minimum absolute atomic E-state index is 0.303. The van der Waals surface area contributed by atoms with Gasteiger partial charge in [0.2, 0.25) is 0 Å². The van der Waals surface area contributed by atoms with Crippen LogP contribution in [0, 0.1) is 17.7 Å². The number of halogens is 1. The highest BCUT2D eigenvalue weighted by Crippen LogP contribution is 2.31. The van der Waals surface area contributed by atoms with Gasteiger partial charge < -0.3 is 14.7 Å². The van der Waals surface area contributed by atoms with Crippen molar-refractivity contribution in [1.29, 1.82) is 0 Å². The maximum Gasteiger partial charge on any atom is 0.163 e. The first-order valence-corrected chi connectivity index (χ1v) is 25.5. The Balaban J connectivity index is 0.000000441. The molecule has 0 saturated carbocycles. The molecule has 366 valence electrons. The highest BCUT2D eigenvalue weighted by molar-refractivity contribution is 6.29. The number of rotatable bonds is 16. The Morgan fingerprint density at radius 3 is 0.667 bits per heavy atom. The van der Waals surface area contributed by atoms with E-state index in [1.807, 2.05) is 0 Å². The Hall–Kier alpha value is -6.01. The lowest BCUT2D eigenvalue weighted by atomic mass is 9.85. The van der Waals surface area contributed by atoms with Crippen LogP contribution >= 0.6 is 0 Å². The molecule has 0 heterocycles. The van der Waals surface area contributed by atoms with Crippen LogP contribution in [0.4, 0.5) is 4.39 Å². The van der Waals surface area contributed by atoms with E-state index in [9.17, 15) is 14.4 Å². The van der Waals surface area contributed by atoms with E-state index in [1.54, 1.807) is 0 Å². The monoisotopic (exact) mass is 929 g/mol. The van der Waals surface area contributed by atoms with Gasteiger partial charge in [0.05, 0.1) is 45.2 Å². The summed E-state index contributed by atoms with van der Waals surface area (Å²) in [5.74, 6) is 1.55. The first-order chi connectivity index (χ1) is 33.8. The summed E-state index contributed by atoms with van der Waals surface area (Å²) >= 11 is 0. The molecular formula is C64H82BFO3. The van der Waals surface area contributed by atoms with Gasteiger partial charge in [-0.15, -0.1) is 0 Å². The minimum Gasteiger partial charge on any atom is -0.860 e. The quantitative estimate of drug-likeness (QED) is 0.0551. The van der Waals surface area contributed by atoms with Gasteiger partial charge in [-0.3, -0.25) is 0 Å². The van der Waals surface area contributed by atoms with Crippen molar-refractivity contribution < 1.29 is 19.1 Å². The fourth-order valence-electron chi connectivity index (χ4n) is 6.69. The molecule has 0 aromatic heterocycles. The van der Waals surface area contributed by atoms with Gasteiger partial charge in [0.25, 0.3) is 0 Å². The van der Waals surface area contributed by atoms with Crippen LogP contribution in [0.25, 0.3) is 0 Å². The standard InChI is InChI=1S/2C19H15.C6H4BFO3.4C5H12/c2*1-4-10-16(11-5-1)19(17-12-6-2-7-13-17)18-14-8-3-9-15-18;8-5-3-1-2-4-6(5)11-7(9)10;4*1-3-5-4-2/h2*1-15H;1-4H;4*3-5H2,1-2H3/q2*+1;-2;;;;. The third kappa shape index (κ3) is 28.2. The molecule has 0 atom stereocenters. The third-order valence-corrected chi connectivity index (χ3v) is 10.3. The number of hydrogen-bond donors (Lipinski definition) is 0. The molecule has 0 aliphatic rings. The van der Waals surface area contributed by atoms with Gasteiger partial charge in [0.15, 0.2) is 5.82 Å². The topological polar surface area (TPSA) is 55.3 Å². The fourth-order valence-corrected chi connectivity index (χ4v) is 6.69. The van der Waals surface area contributed by atoms with E-state index in [-0.39, 0.29) is 5.75 Å². The first-order valence-electron chi connectivity index (χ1n) is 25.5. The fraction of sp³-hybridized carbons (Fsp3) is 0.312. The van der Waals surface area contributed by atoms with Gasteiger partial charge in [-0.25, -0.2) is 4.39 Å². The van der Waals surface area contributed by atoms with E-state index < -0.39 is 13.1 Å². The van der Waals surface area contributed by atoms with Crippen LogP contribution in [0.3, 0.4) is 0 Å². The summed E-state index contributed by atoms with van der Waals surface area (Å²) in [7, 11) is -2.48. The predicted molar refractivity (Wildman–Crippen MR) is 293 cm³/mol. The molecule has 5 heteroatoms. The maximum atomic E-state index is 12.5. The van der Waals surface area contributed by atoms with Crippen LogP contribution in [-0.2, 0) is 0 Å². The summed E-state index contributed by atoms with van der Waals surface area (Å²) in [5.41, 5.74) is 7.50. The second kappa shape index (κ2) is 42.1. The van der Waals surface area contributed by atoms with Gasteiger partial charge in [-0.1, -0.05) is 181 Å². The van der Waals surface area contributed by atoms with Gasteiger partial charge >= 0.3 is 0 Å². The number of unbranched alkanes of at least 4 members (excludes halogenated alkanes) is 8. The molecule has 3 nitrogen and oxygen atoms in total. The van der Waals surface area contributed by atoms with E-state index in [0.29, 0.717) is 0 Å². The summed E-state index contributed by atoms with van der Waals surface area (Å²) in [6.45, 7) is 17.7. The predicted octanol–water partition coefficient (Wildman–Crippen LogP) is 17.1. The largest absolute Gasteiger partial charge is 0.860 e. The molecule has 7 aromatic rings. The zero-order chi connectivity index (χ0) is 50.6. The second-order valence-corrected chi connectivity index (χ2v) is 16.2. The van der Waals surface area contributed by atoms with Gasteiger partial charge in [-0.05, 0) is 158 Å². The summed E-state index contributed by atoms with van der Waals surface area (Å²) in [6.07, 6.45) is 16.3. The summed E-state index contributed by atoms with van der Waals surface area (Å²) < 4.78 is 16.6. The first kappa shape index (κ1) is 61.0. The van der Waals surface area contributed by atoms with E-state index in [0.717, 1.165) is 6.07 Å². The van der Waals surface area contributed by atoms with Crippen LogP contribution in [-0.4, -0.2) is 7.32 Å². The lowest BCUT2D eigenvalue weighted by Crippen LogP contribution is -2.50. The molecule has 0 fully saturated rings.